The van der Waals surface area contributed by atoms with Gasteiger partial charge in [-0.25, -0.2) is 0 Å². The van der Waals surface area contributed by atoms with Crippen LogP contribution < -0.4 is 19.1 Å². The Hall–Kier alpha value is -2.15. The minimum atomic E-state index is 0.329. The molecule has 1 N–H and O–H groups in total. The van der Waals surface area contributed by atoms with Gasteiger partial charge in [0, 0.05) is 49.9 Å². The number of methoxy groups -OCH3 is 3. The van der Waals surface area contributed by atoms with Crippen molar-refractivity contribution in [3.63, 3.8) is 0 Å². The van der Waals surface area contributed by atoms with Gasteiger partial charge in [0.15, 0.2) is 11.5 Å². The van der Waals surface area contributed by atoms with E-state index in [9.17, 15) is 5.21 Å². The molecule has 0 aromatic heterocycles. The third-order valence-electron chi connectivity index (χ3n) is 6.48. The van der Waals surface area contributed by atoms with Crippen LogP contribution in [-0.2, 0) is 0 Å². The summed E-state index contributed by atoms with van der Waals surface area (Å²) in [5.41, 5.74) is 2.10. The number of oxime groups is 1. The van der Waals surface area contributed by atoms with Gasteiger partial charge in [0.05, 0.1) is 33.1 Å². The van der Waals surface area contributed by atoms with Crippen LogP contribution in [0.3, 0.4) is 0 Å². The van der Waals surface area contributed by atoms with Crippen LogP contribution >= 0.6 is 0 Å². The van der Waals surface area contributed by atoms with Crippen LogP contribution in [0.15, 0.2) is 17.3 Å². The van der Waals surface area contributed by atoms with Crippen molar-refractivity contribution in [2.45, 2.75) is 25.3 Å². The Morgan fingerprint density at radius 2 is 1.63 bits per heavy atom. The minimum Gasteiger partial charge on any atom is -0.493 e. The summed E-state index contributed by atoms with van der Waals surface area (Å²) in [7, 11) is 4.90. The molecule has 3 atom stereocenters. The highest BCUT2D eigenvalue weighted by Crippen LogP contribution is 2.45. The van der Waals surface area contributed by atoms with E-state index in [1.807, 2.05) is 12.1 Å². The van der Waals surface area contributed by atoms with Gasteiger partial charge in [-0.05, 0) is 25.2 Å². The van der Waals surface area contributed by atoms with E-state index in [0.717, 1.165) is 37.6 Å². The number of hydrogen-bond acceptors (Lipinski definition) is 7. The third-order valence-corrected chi connectivity index (χ3v) is 6.48. The summed E-state index contributed by atoms with van der Waals surface area (Å²) < 4.78 is 16.4. The average molecular weight is 375 g/mol. The van der Waals surface area contributed by atoms with Crippen LogP contribution in [0.4, 0.5) is 5.69 Å². The van der Waals surface area contributed by atoms with Crippen molar-refractivity contribution in [2.24, 2.45) is 17.0 Å². The molecular weight excluding hydrogens is 346 g/mol. The van der Waals surface area contributed by atoms with E-state index in [4.69, 9.17) is 14.2 Å². The molecule has 0 spiro atoms. The number of benzene rings is 1. The molecule has 1 aromatic rings. The highest BCUT2D eigenvalue weighted by molar-refractivity contribution is 5.94. The summed E-state index contributed by atoms with van der Waals surface area (Å²) in [6.45, 7) is 3.77. The van der Waals surface area contributed by atoms with Crippen molar-refractivity contribution in [3.8, 4) is 17.2 Å². The second-order valence-electron chi connectivity index (χ2n) is 7.65. The maximum Gasteiger partial charge on any atom is 0.203 e. The van der Waals surface area contributed by atoms with Crippen LogP contribution in [0, 0.1) is 11.8 Å². The van der Waals surface area contributed by atoms with Gasteiger partial charge in [-0.3, -0.25) is 4.90 Å². The zero-order valence-electron chi connectivity index (χ0n) is 16.4. The molecule has 7 heteroatoms. The van der Waals surface area contributed by atoms with Gasteiger partial charge < -0.3 is 24.3 Å². The lowest BCUT2D eigenvalue weighted by atomic mass is 9.91. The fraction of sp³-hybridized carbons (Fsp3) is 0.650. The maximum atomic E-state index is 9.50. The fourth-order valence-electron chi connectivity index (χ4n) is 5.19. The van der Waals surface area contributed by atoms with Crippen LogP contribution in [0.25, 0.3) is 0 Å². The van der Waals surface area contributed by atoms with Crippen molar-refractivity contribution >= 4 is 11.4 Å². The van der Waals surface area contributed by atoms with E-state index >= 15 is 0 Å². The zero-order valence-corrected chi connectivity index (χ0v) is 16.4. The predicted octanol–water partition coefficient (Wildman–Crippen LogP) is 2.46. The molecule has 4 rings (SSSR count). The Morgan fingerprint density at radius 3 is 2.19 bits per heavy atom. The largest absolute Gasteiger partial charge is 0.493 e. The first kappa shape index (κ1) is 18.2. The smallest absolute Gasteiger partial charge is 0.203 e. The molecule has 0 radical (unpaired) electrons. The maximum absolute atomic E-state index is 9.50. The highest BCUT2D eigenvalue weighted by atomic mass is 16.5. The second-order valence-corrected chi connectivity index (χ2v) is 7.65. The molecule has 1 aliphatic heterocycles. The van der Waals surface area contributed by atoms with Gasteiger partial charge in [0.25, 0.3) is 0 Å². The summed E-state index contributed by atoms with van der Waals surface area (Å²) in [4.78, 5) is 4.86. The second kappa shape index (κ2) is 7.46. The van der Waals surface area contributed by atoms with Gasteiger partial charge in [0.1, 0.15) is 0 Å². The Kier molecular flexibility index (Phi) is 5.04. The van der Waals surface area contributed by atoms with Gasteiger partial charge in [0.2, 0.25) is 5.75 Å². The molecule has 2 saturated carbocycles. The molecule has 3 aliphatic rings. The fourth-order valence-corrected chi connectivity index (χ4v) is 5.19. The first-order chi connectivity index (χ1) is 13.2. The lowest BCUT2D eigenvalue weighted by Crippen LogP contribution is -2.54. The number of anilines is 1. The number of hydrogen-bond donors (Lipinski definition) is 1. The van der Waals surface area contributed by atoms with E-state index < -0.39 is 0 Å². The minimum absolute atomic E-state index is 0.329. The topological polar surface area (TPSA) is 66.8 Å². The van der Waals surface area contributed by atoms with Crippen molar-refractivity contribution < 1.29 is 19.4 Å². The Morgan fingerprint density at radius 1 is 0.963 bits per heavy atom. The number of fused-ring (bicyclic) bond motifs is 2. The lowest BCUT2D eigenvalue weighted by molar-refractivity contribution is 0.181. The van der Waals surface area contributed by atoms with Crippen LogP contribution in [-0.4, -0.2) is 69.4 Å². The molecule has 0 amide bonds. The molecule has 2 aliphatic carbocycles. The van der Waals surface area contributed by atoms with E-state index in [-0.39, 0.29) is 0 Å². The molecule has 27 heavy (non-hydrogen) atoms. The monoisotopic (exact) mass is 375 g/mol. The van der Waals surface area contributed by atoms with Gasteiger partial charge in [-0.15, -0.1) is 0 Å². The molecule has 3 unspecified atom stereocenters. The highest BCUT2D eigenvalue weighted by Gasteiger charge is 2.48. The number of rotatable bonds is 5. The molecule has 2 bridgehead atoms. The van der Waals surface area contributed by atoms with E-state index in [2.05, 4.69) is 15.0 Å². The molecule has 148 valence electrons. The Bertz CT molecular complexity index is 690. The molecule has 1 heterocycles. The van der Waals surface area contributed by atoms with E-state index in [1.165, 1.54) is 19.3 Å². The summed E-state index contributed by atoms with van der Waals surface area (Å²) in [6, 6.07) is 4.35. The Balaban J connectivity index is 1.48. The summed E-state index contributed by atoms with van der Waals surface area (Å²) in [5, 5.41) is 13.2. The molecule has 1 aromatic carbocycles. The van der Waals surface area contributed by atoms with Gasteiger partial charge in [-0.2, -0.15) is 0 Å². The quantitative estimate of drug-likeness (QED) is 0.630. The van der Waals surface area contributed by atoms with Crippen molar-refractivity contribution in [2.75, 3.05) is 52.4 Å². The number of ether oxygens (including phenoxy) is 3. The predicted molar refractivity (Wildman–Crippen MR) is 104 cm³/mol. The summed E-state index contributed by atoms with van der Waals surface area (Å²) in [6.07, 6.45) is 3.64. The standard InChI is InChI=1S/C20H29N3O4/c1-25-16-11-15(12-17(26-2)20(16)27-3)22-6-8-23(9-7-22)19-14-5-4-13(10-14)18(19)21-24/h11-14,19,24H,4-10H2,1-3H3. The first-order valence-corrected chi connectivity index (χ1v) is 9.71. The van der Waals surface area contributed by atoms with Crippen LogP contribution in [0.2, 0.25) is 0 Å². The van der Waals surface area contributed by atoms with Crippen molar-refractivity contribution in [1.82, 2.24) is 4.90 Å². The number of nitrogens with zero attached hydrogens (tertiary/aromatic N) is 3. The Labute approximate surface area is 160 Å². The summed E-state index contributed by atoms with van der Waals surface area (Å²) >= 11 is 0. The van der Waals surface area contributed by atoms with E-state index in [0.29, 0.717) is 35.1 Å². The van der Waals surface area contributed by atoms with E-state index in [1.54, 1.807) is 21.3 Å². The van der Waals surface area contributed by atoms with Crippen LogP contribution in [0.1, 0.15) is 19.3 Å². The normalized spacial score (nSPS) is 29.4. The number of piperazine rings is 1. The van der Waals surface area contributed by atoms with Crippen molar-refractivity contribution in [3.05, 3.63) is 12.1 Å². The molecule has 3 fully saturated rings. The zero-order chi connectivity index (χ0) is 19.0. The third kappa shape index (κ3) is 3.08. The molecule has 1 saturated heterocycles. The van der Waals surface area contributed by atoms with Crippen LogP contribution in [0.5, 0.6) is 17.2 Å². The van der Waals surface area contributed by atoms with Gasteiger partial charge in [-0.1, -0.05) is 5.16 Å². The lowest BCUT2D eigenvalue weighted by Gasteiger charge is -2.41. The SMILES string of the molecule is COc1cc(N2CCN(C3C(=NO)C4CCC3C4)CC2)cc(OC)c1OC. The first-order valence-electron chi connectivity index (χ1n) is 9.71. The van der Waals surface area contributed by atoms with Gasteiger partial charge >= 0.3 is 0 Å². The summed E-state index contributed by atoms with van der Waals surface area (Å²) in [5.74, 6) is 3.13. The molecule has 7 nitrogen and oxygen atoms in total. The van der Waals surface area contributed by atoms with Crippen molar-refractivity contribution in [1.29, 1.82) is 0 Å². The average Bonchev–Trinajstić information content (AvgIpc) is 3.34. The molecular formula is C20H29N3O4.